The van der Waals surface area contributed by atoms with E-state index >= 15 is 0 Å². The molecule has 0 bridgehead atoms. The van der Waals surface area contributed by atoms with Crippen LogP contribution in [0.1, 0.15) is 24.2 Å². The molecule has 5 nitrogen and oxygen atoms in total. The standard InChI is InChI=1S/C18H16Cl2N2O3S/c1-10(23)12-4-3-5-14(8-12)21-18(26)22-17(24)11(2)25-16-7-6-13(19)9-15(16)20/h3-9,11H,1-2H3,(H2,21,22,24,26). The smallest absolute Gasteiger partial charge is 0.266 e. The van der Waals surface area contributed by atoms with Crippen LogP contribution in [0.25, 0.3) is 0 Å². The lowest BCUT2D eigenvalue weighted by Gasteiger charge is -2.16. The summed E-state index contributed by atoms with van der Waals surface area (Å²) >= 11 is 17.0. The molecule has 0 aromatic heterocycles. The number of nitrogens with one attached hydrogen (secondary N) is 2. The maximum absolute atomic E-state index is 12.2. The molecule has 0 fully saturated rings. The van der Waals surface area contributed by atoms with Crippen molar-refractivity contribution < 1.29 is 14.3 Å². The van der Waals surface area contributed by atoms with Gasteiger partial charge in [-0.2, -0.15) is 0 Å². The van der Waals surface area contributed by atoms with Gasteiger partial charge in [0.05, 0.1) is 5.02 Å². The number of amides is 1. The highest BCUT2D eigenvalue weighted by atomic mass is 35.5. The number of hydrogen-bond acceptors (Lipinski definition) is 4. The monoisotopic (exact) mass is 410 g/mol. The Morgan fingerprint density at radius 3 is 2.54 bits per heavy atom. The Kier molecular flexibility index (Phi) is 6.97. The summed E-state index contributed by atoms with van der Waals surface area (Å²) in [5.41, 5.74) is 1.13. The van der Waals surface area contributed by atoms with Gasteiger partial charge < -0.3 is 10.1 Å². The van der Waals surface area contributed by atoms with Crippen molar-refractivity contribution >= 4 is 57.9 Å². The molecular formula is C18H16Cl2N2O3S. The summed E-state index contributed by atoms with van der Waals surface area (Å²) in [6.45, 7) is 3.04. The van der Waals surface area contributed by atoms with E-state index in [1.54, 1.807) is 43.3 Å². The summed E-state index contributed by atoms with van der Waals surface area (Å²) in [4.78, 5) is 23.6. The van der Waals surface area contributed by atoms with Gasteiger partial charge in [0.25, 0.3) is 5.91 Å². The summed E-state index contributed by atoms with van der Waals surface area (Å²) in [5.74, 6) is -0.173. The number of carbonyl (C=O) groups excluding carboxylic acids is 2. The van der Waals surface area contributed by atoms with Crippen molar-refractivity contribution in [3.05, 3.63) is 58.1 Å². The Bertz CT molecular complexity index is 858. The highest BCUT2D eigenvalue weighted by Crippen LogP contribution is 2.28. The van der Waals surface area contributed by atoms with Gasteiger partial charge in [0.15, 0.2) is 17.0 Å². The van der Waals surface area contributed by atoms with E-state index in [-0.39, 0.29) is 10.9 Å². The summed E-state index contributed by atoms with van der Waals surface area (Å²) in [5, 5.41) is 6.25. The van der Waals surface area contributed by atoms with Gasteiger partial charge in [0.2, 0.25) is 0 Å². The van der Waals surface area contributed by atoms with Crippen LogP contribution in [0.3, 0.4) is 0 Å². The molecule has 1 amide bonds. The molecule has 2 aromatic rings. The second-order valence-electron chi connectivity index (χ2n) is 5.42. The minimum absolute atomic E-state index is 0.0644. The first kappa shape index (κ1) is 20.2. The van der Waals surface area contributed by atoms with E-state index in [9.17, 15) is 9.59 Å². The average molecular weight is 411 g/mol. The zero-order chi connectivity index (χ0) is 19.3. The van der Waals surface area contributed by atoms with Gasteiger partial charge in [-0.25, -0.2) is 0 Å². The predicted molar refractivity (Wildman–Crippen MR) is 107 cm³/mol. The maximum atomic E-state index is 12.2. The molecule has 136 valence electrons. The number of hydrogen-bond donors (Lipinski definition) is 2. The van der Waals surface area contributed by atoms with Gasteiger partial charge in [0.1, 0.15) is 5.75 Å². The topological polar surface area (TPSA) is 67.4 Å². The second-order valence-corrected chi connectivity index (χ2v) is 6.67. The number of benzene rings is 2. The van der Waals surface area contributed by atoms with Crippen LogP contribution in [-0.4, -0.2) is 22.9 Å². The normalized spacial score (nSPS) is 11.4. The van der Waals surface area contributed by atoms with Crippen molar-refractivity contribution in [1.82, 2.24) is 5.32 Å². The van der Waals surface area contributed by atoms with Gasteiger partial charge in [0, 0.05) is 16.3 Å². The zero-order valence-electron chi connectivity index (χ0n) is 14.0. The van der Waals surface area contributed by atoms with E-state index in [1.165, 1.54) is 13.0 Å². The minimum atomic E-state index is -0.836. The Balaban J connectivity index is 1.94. The quantitative estimate of drug-likeness (QED) is 0.561. The van der Waals surface area contributed by atoms with Crippen molar-refractivity contribution in [1.29, 1.82) is 0 Å². The summed E-state index contributed by atoms with van der Waals surface area (Å²) in [6, 6.07) is 11.5. The highest BCUT2D eigenvalue weighted by molar-refractivity contribution is 7.80. The third-order valence-electron chi connectivity index (χ3n) is 3.33. The van der Waals surface area contributed by atoms with Crippen molar-refractivity contribution in [3.63, 3.8) is 0 Å². The molecule has 0 aliphatic rings. The number of ketones is 1. The highest BCUT2D eigenvalue weighted by Gasteiger charge is 2.17. The molecule has 1 atom stereocenters. The van der Waals surface area contributed by atoms with Crippen LogP contribution < -0.4 is 15.4 Å². The number of carbonyl (C=O) groups is 2. The lowest BCUT2D eigenvalue weighted by Crippen LogP contribution is -2.42. The van der Waals surface area contributed by atoms with Crippen molar-refractivity contribution in [2.75, 3.05) is 5.32 Å². The number of halogens is 2. The maximum Gasteiger partial charge on any atom is 0.266 e. The molecule has 1 unspecified atom stereocenters. The van der Waals surface area contributed by atoms with Crippen molar-refractivity contribution in [2.45, 2.75) is 20.0 Å². The van der Waals surface area contributed by atoms with Crippen molar-refractivity contribution in [3.8, 4) is 5.75 Å². The fourth-order valence-electron chi connectivity index (χ4n) is 2.01. The van der Waals surface area contributed by atoms with Crippen LogP contribution in [0, 0.1) is 0 Å². The molecule has 8 heteroatoms. The third kappa shape index (κ3) is 5.69. The molecule has 2 N–H and O–H groups in total. The Morgan fingerprint density at radius 2 is 1.88 bits per heavy atom. The third-order valence-corrected chi connectivity index (χ3v) is 4.07. The van der Waals surface area contributed by atoms with Crippen LogP contribution in [-0.2, 0) is 4.79 Å². The first-order valence-corrected chi connectivity index (χ1v) is 8.77. The van der Waals surface area contributed by atoms with Gasteiger partial charge in [-0.15, -0.1) is 0 Å². The number of anilines is 1. The zero-order valence-corrected chi connectivity index (χ0v) is 16.3. The van der Waals surface area contributed by atoms with Crippen LogP contribution in [0.5, 0.6) is 5.75 Å². The molecule has 0 spiro atoms. The van der Waals surface area contributed by atoms with Gasteiger partial charge in [-0.05, 0) is 56.4 Å². The van der Waals surface area contributed by atoms with E-state index in [4.69, 9.17) is 40.2 Å². The number of thiocarbonyl (C=S) groups is 1. The molecule has 0 radical (unpaired) electrons. The Hall–Kier alpha value is -2.15. The SMILES string of the molecule is CC(=O)c1cccc(NC(=S)NC(=O)C(C)Oc2ccc(Cl)cc2Cl)c1. The van der Waals surface area contributed by atoms with E-state index < -0.39 is 12.0 Å². The number of Topliss-reactive ketones (excluding diaryl/α,β-unsaturated/α-hetero) is 1. The van der Waals surface area contributed by atoms with Gasteiger partial charge in [-0.1, -0.05) is 35.3 Å². The summed E-state index contributed by atoms with van der Waals surface area (Å²) in [7, 11) is 0. The van der Waals surface area contributed by atoms with Crippen molar-refractivity contribution in [2.24, 2.45) is 0 Å². The minimum Gasteiger partial charge on any atom is -0.479 e. The van der Waals surface area contributed by atoms with Crippen LogP contribution in [0.15, 0.2) is 42.5 Å². The molecule has 2 rings (SSSR count). The van der Waals surface area contributed by atoms with E-state index in [2.05, 4.69) is 10.6 Å². The summed E-state index contributed by atoms with van der Waals surface area (Å²) < 4.78 is 5.53. The fourth-order valence-corrected chi connectivity index (χ4v) is 2.68. The van der Waals surface area contributed by atoms with Gasteiger partial charge in [-0.3, -0.25) is 14.9 Å². The molecule has 0 saturated carbocycles. The van der Waals surface area contributed by atoms with Crippen LogP contribution >= 0.6 is 35.4 Å². The van der Waals surface area contributed by atoms with Gasteiger partial charge >= 0.3 is 0 Å². The fraction of sp³-hybridized carbons (Fsp3) is 0.167. The van der Waals surface area contributed by atoms with Crippen LogP contribution in [0.4, 0.5) is 5.69 Å². The van der Waals surface area contributed by atoms with E-state index in [0.717, 1.165) is 0 Å². The first-order valence-electron chi connectivity index (χ1n) is 7.61. The number of rotatable bonds is 5. The first-order chi connectivity index (χ1) is 12.3. The predicted octanol–water partition coefficient (Wildman–Crippen LogP) is 4.48. The largest absolute Gasteiger partial charge is 0.479 e. The second kappa shape index (κ2) is 8.98. The van der Waals surface area contributed by atoms with E-state index in [0.29, 0.717) is 27.0 Å². The lowest BCUT2D eigenvalue weighted by atomic mass is 10.1. The lowest BCUT2D eigenvalue weighted by molar-refractivity contribution is -0.125. The molecule has 0 aliphatic heterocycles. The molecule has 0 aliphatic carbocycles. The Morgan fingerprint density at radius 1 is 1.15 bits per heavy atom. The average Bonchev–Trinajstić information content (AvgIpc) is 2.57. The molecular weight excluding hydrogens is 395 g/mol. The van der Waals surface area contributed by atoms with Crippen LogP contribution in [0.2, 0.25) is 10.0 Å². The molecule has 0 heterocycles. The molecule has 0 saturated heterocycles. The molecule has 26 heavy (non-hydrogen) atoms. The Labute approximate surface area is 166 Å². The molecule has 2 aromatic carbocycles. The van der Waals surface area contributed by atoms with E-state index in [1.807, 2.05) is 0 Å². The summed E-state index contributed by atoms with van der Waals surface area (Å²) in [6.07, 6.45) is -0.836. The number of ether oxygens (including phenoxy) is 1.